The monoisotopic (exact) mass is 327 g/mol. The molecular weight excluding hydrogens is 305 g/mol. The number of amides is 1. The molecule has 0 saturated carbocycles. The predicted octanol–water partition coefficient (Wildman–Crippen LogP) is 3.69. The van der Waals surface area contributed by atoms with E-state index in [0.717, 1.165) is 6.42 Å². The Labute approximate surface area is 142 Å². The SMILES string of the molecule is CC1(C)COC(Cc2ccccc2)CN1C(=O)c1cccc(F)c1. The van der Waals surface area contributed by atoms with Gasteiger partial charge in [0, 0.05) is 18.5 Å². The van der Waals surface area contributed by atoms with E-state index in [-0.39, 0.29) is 12.0 Å². The molecule has 1 amide bonds. The van der Waals surface area contributed by atoms with Gasteiger partial charge in [-0.05, 0) is 37.6 Å². The van der Waals surface area contributed by atoms with Crippen molar-refractivity contribution < 1.29 is 13.9 Å². The molecule has 3 rings (SSSR count). The molecule has 3 nitrogen and oxygen atoms in total. The highest BCUT2D eigenvalue weighted by Gasteiger charge is 2.38. The number of carbonyl (C=O) groups is 1. The summed E-state index contributed by atoms with van der Waals surface area (Å²) in [5.41, 5.74) is 1.14. The lowest BCUT2D eigenvalue weighted by atomic mass is 9.97. The van der Waals surface area contributed by atoms with E-state index in [1.807, 2.05) is 32.0 Å². The zero-order valence-electron chi connectivity index (χ0n) is 14.0. The summed E-state index contributed by atoms with van der Waals surface area (Å²) in [6, 6.07) is 16.0. The molecule has 1 heterocycles. The lowest BCUT2D eigenvalue weighted by Gasteiger charge is -2.45. The van der Waals surface area contributed by atoms with E-state index < -0.39 is 11.4 Å². The largest absolute Gasteiger partial charge is 0.374 e. The summed E-state index contributed by atoms with van der Waals surface area (Å²) in [4.78, 5) is 14.7. The number of morpholine rings is 1. The first-order valence-electron chi connectivity index (χ1n) is 8.19. The Morgan fingerprint density at radius 1 is 1.21 bits per heavy atom. The quantitative estimate of drug-likeness (QED) is 0.860. The highest BCUT2D eigenvalue weighted by molar-refractivity contribution is 5.94. The summed E-state index contributed by atoms with van der Waals surface area (Å²) in [5, 5.41) is 0. The van der Waals surface area contributed by atoms with Crippen LogP contribution in [0.4, 0.5) is 4.39 Å². The summed E-state index contributed by atoms with van der Waals surface area (Å²) in [7, 11) is 0. The Kier molecular flexibility index (Phi) is 4.67. The average Bonchev–Trinajstić information content (AvgIpc) is 2.57. The van der Waals surface area contributed by atoms with E-state index >= 15 is 0 Å². The molecular formula is C20H22FNO2. The lowest BCUT2D eigenvalue weighted by Crippen LogP contribution is -2.58. The van der Waals surface area contributed by atoms with Gasteiger partial charge in [-0.25, -0.2) is 4.39 Å². The molecule has 1 saturated heterocycles. The lowest BCUT2D eigenvalue weighted by molar-refractivity contribution is -0.0821. The second kappa shape index (κ2) is 6.73. The van der Waals surface area contributed by atoms with E-state index in [0.29, 0.717) is 18.7 Å². The topological polar surface area (TPSA) is 29.5 Å². The number of carbonyl (C=O) groups excluding carboxylic acids is 1. The molecule has 0 bridgehead atoms. The molecule has 1 aliphatic rings. The zero-order valence-corrected chi connectivity index (χ0v) is 14.0. The molecule has 1 atom stereocenters. The van der Waals surface area contributed by atoms with Gasteiger partial charge in [-0.3, -0.25) is 4.79 Å². The van der Waals surface area contributed by atoms with Crippen LogP contribution in [-0.2, 0) is 11.2 Å². The minimum absolute atomic E-state index is 0.0575. The van der Waals surface area contributed by atoms with Crippen LogP contribution < -0.4 is 0 Å². The second-order valence-electron chi connectivity index (χ2n) is 6.86. The Balaban J connectivity index is 1.78. The van der Waals surface area contributed by atoms with Crippen LogP contribution in [0.5, 0.6) is 0 Å². The molecule has 126 valence electrons. The fraction of sp³-hybridized carbons (Fsp3) is 0.350. The van der Waals surface area contributed by atoms with Crippen LogP contribution in [0.25, 0.3) is 0 Å². The summed E-state index contributed by atoms with van der Waals surface area (Å²) >= 11 is 0. The van der Waals surface area contributed by atoms with Crippen molar-refractivity contribution in [2.45, 2.75) is 31.9 Å². The third-order valence-electron chi connectivity index (χ3n) is 4.41. The third-order valence-corrected chi connectivity index (χ3v) is 4.41. The minimum Gasteiger partial charge on any atom is -0.374 e. The predicted molar refractivity (Wildman–Crippen MR) is 91.4 cm³/mol. The van der Waals surface area contributed by atoms with Crippen LogP contribution in [0.3, 0.4) is 0 Å². The number of benzene rings is 2. The van der Waals surface area contributed by atoms with Gasteiger partial charge in [0.2, 0.25) is 0 Å². The highest BCUT2D eigenvalue weighted by Crippen LogP contribution is 2.26. The zero-order chi connectivity index (χ0) is 17.2. The van der Waals surface area contributed by atoms with Crippen LogP contribution in [0, 0.1) is 5.82 Å². The number of nitrogens with zero attached hydrogens (tertiary/aromatic N) is 1. The summed E-state index contributed by atoms with van der Waals surface area (Å²) < 4.78 is 19.4. The molecule has 1 unspecified atom stereocenters. The van der Waals surface area contributed by atoms with Crippen molar-refractivity contribution in [2.24, 2.45) is 0 Å². The molecule has 2 aromatic rings. The van der Waals surface area contributed by atoms with E-state index in [9.17, 15) is 9.18 Å². The molecule has 0 N–H and O–H groups in total. The molecule has 0 aromatic heterocycles. The molecule has 4 heteroatoms. The van der Waals surface area contributed by atoms with Gasteiger partial charge in [-0.2, -0.15) is 0 Å². The van der Waals surface area contributed by atoms with Crippen molar-refractivity contribution in [1.82, 2.24) is 4.90 Å². The van der Waals surface area contributed by atoms with Gasteiger partial charge in [0.15, 0.2) is 0 Å². The van der Waals surface area contributed by atoms with Gasteiger partial charge >= 0.3 is 0 Å². The molecule has 1 aliphatic heterocycles. The summed E-state index contributed by atoms with van der Waals surface area (Å²) in [5.74, 6) is -0.548. The van der Waals surface area contributed by atoms with Gasteiger partial charge < -0.3 is 9.64 Å². The number of hydrogen-bond donors (Lipinski definition) is 0. The average molecular weight is 327 g/mol. The fourth-order valence-corrected chi connectivity index (χ4v) is 3.04. The van der Waals surface area contributed by atoms with Crippen LogP contribution in [0.1, 0.15) is 29.8 Å². The highest BCUT2D eigenvalue weighted by atomic mass is 19.1. The molecule has 0 radical (unpaired) electrons. The first-order chi connectivity index (χ1) is 11.5. The molecule has 0 aliphatic carbocycles. The fourth-order valence-electron chi connectivity index (χ4n) is 3.04. The Hall–Kier alpha value is -2.20. The third kappa shape index (κ3) is 3.65. The summed E-state index contributed by atoms with van der Waals surface area (Å²) in [6.07, 6.45) is 0.696. The van der Waals surface area contributed by atoms with Crippen molar-refractivity contribution in [3.63, 3.8) is 0 Å². The van der Waals surface area contributed by atoms with E-state index in [4.69, 9.17) is 4.74 Å². The summed E-state index contributed by atoms with van der Waals surface area (Å²) in [6.45, 7) is 4.91. The van der Waals surface area contributed by atoms with Crippen molar-refractivity contribution in [2.75, 3.05) is 13.2 Å². The number of rotatable bonds is 3. The van der Waals surface area contributed by atoms with Crippen LogP contribution in [-0.4, -0.2) is 35.6 Å². The van der Waals surface area contributed by atoms with Crippen LogP contribution in [0.2, 0.25) is 0 Å². The first-order valence-corrected chi connectivity index (χ1v) is 8.19. The Morgan fingerprint density at radius 3 is 2.67 bits per heavy atom. The van der Waals surface area contributed by atoms with E-state index in [1.54, 1.807) is 17.0 Å². The maximum absolute atomic E-state index is 13.5. The smallest absolute Gasteiger partial charge is 0.254 e. The normalized spacial score (nSPS) is 20.0. The van der Waals surface area contributed by atoms with Crippen molar-refractivity contribution in [3.05, 3.63) is 71.5 Å². The molecule has 1 fully saturated rings. The standard InChI is InChI=1S/C20H22FNO2/c1-20(2)14-24-18(11-15-7-4-3-5-8-15)13-22(20)19(23)16-9-6-10-17(21)12-16/h3-10,12,18H,11,13-14H2,1-2H3. The number of halogens is 1. The van der Waals surface area contributed by atoms with Crippen molar-refractivity contribution in [1.29, 1.82) is 0 Å². The Bertz CT molecular complexity index is 715. The van der Waals surface area contributed by atoms with Gasteiger partial charge in [-0.1, -0.05) is 36.4 Å². The van der Waals surface area contributed by atoms with Gasteiger partial charge in [0.1, 0.15) is 5.82 Å². The van der Waals surface area contributed by atoms with Crippen LogP contribution >= 0.6 is 0 Å². The molecule has 0 spiro atoms. The van der Waals surface area contributed by atoms with Gasteiger partial charge in [0.25, 0.3) is 5.91 Å². The minimum atomic E-state index is -0.420. The van der Waals surface area contributed by atoms with Crippen molar-refractivity contribution >= 4 is 5.91 Å². The van der Waals surface area contributed by atoms with Crippen molar-refractivity contribution in [3.8, 4) is 0 Å². The van der Waals surface area contributed by atoms with E-state index in [2.05, 4.69) is 12.1 Å². The maximum Gasteiger partial charge on any atom is 0.254 e. The van der Waals surface area contributed by atoms with E-state index in [1.165, 1.54) is 17.7 Å². The van der Waals surface area contributed by atoms with Gasteiger partial charge in [-0.15, -0.1) is 0 Å². The van der Waals surface area contributed by atoms with Gasteiger partial charge in [0.05, 0.1) is 18.2 Å². The second-order valence-corrected chi connectivity index (χ2v) is 6.86. The maximum atomic E-state index is 13.5. The number of ether oxygens (including phenoxy) is 1. The van der Waals surface area contributed by atoms with Crippen LogP contribution in [0.15, 0.2) is 54.6 Å². The number of hydrogen-bond acceptors (Lipinski definition) is 2. The molecule has 2 aromatic carbocycles. The first kappa shape index (κ1) is 16.7. The Morgan fingerprint density at radius 2 is 1.96 bits per heavy atom. The molecule has 24 heavy (non-hydrogen) atoms.